The van der Waals surface area contributed by atoms with Crippen molar-refractivity contribution in [1.29, 1.82) is 0 Å². The molecule has 146 valence electrons. The van der Waals surface area contributed by atoms with E-state index in [0.29, 0.717) is 5.52 Å². The summed E-state index contributed by atoms with van der Waals surface area (Å²) in [5, 5.41) is 15.6. The molecule has 3 N–H and O–H groups in total. The summed E-state index contributed by atoms with van der Waals surface area (Å²) in [6.45, 7) is 3.92. The lowest BCUT2D eigenvalue weighted by molar-refractivity contribution is -0.371. The van der Waals surface area contributed by atoms with Gasteiger partial charge in [-0.2, -0.15) is 0 Å². The number of benzene rings is 2. The molecule has 4 rings (SSSR count). The lowest BCUT2D eigenvalue weighted by Crippen LogP contribution is -2.21. The van der Waals surface area contributed by atoms with Gasteiger partial charge in [0.1, 0.15) is 17.0 Å². The predicted molar refractivity (Wildman–Crippen MR) is 114 cm³/mol. The number of nitrogens with zero attached hydrogens (tertiary/aromatic N) is 1. The van der Waals surface area contributed by atoms with Crippen LogP contribution in [-0.2, 0) is 0 Å². The van der Waals surface area contributed by atoms with E-state index in [1.807, 2.05) is 80.6 Å². The summed E-state index contributed by atoms with van der Waals surface area (Å²) in [7, 11) is 1.65. The first kappa shape index (κ1) is 18.7. The number of rotatable bonds is 5. The second-order valence-corrected chi connectivity index (χ2v) is 7.09. The van der Waals surface area contributed by atoms with Crippen LogP contribution in [0.3, 0.4) is 0 Å². The highest BCUT2D eigenvalue weighted by Gasteiger charge is 2.27. The molecule has 0 aliphatic heterocycles. The lowest BCUT2D eigenvalue weighted by atomic mass is 9.95. The monoisotopic (exact) mass is 386 g/mol. The number of anilines is 1. The highest BCUT2D eigenvalue weighted by Crippen LogP contribution is 2.39. The maximum absolute atomic E-state index is 11.1. The normalized spacial score (nSPS) is 12.0. The number of aromatic hydroxyl groups is 1. The Bertz CT molecular complexity index is 1170. The predicted octanol–water partition coefficient (Wildman–Crippen LogP) is 4.58. The third-order valence-corrected chi connectivity index (χ3v) is 5.01. The van der Waals surface area contributed by atoms with Crippen LogP contribution in [-0.4, -0.2) is 17.2 Å². The highest BCUT2D eigenvalue weighted by molar-refractivity contribution is 5.86. The second-order valence-electron chi connectivity index (χ2n) is 7.09. The van der Waals surface area contributed by atoms with E-state index in [4.69, 9.17) is 4.74 Å². The van der Waals surface area contributed by atoms with Crippen LogP contribution in [0.5, 0.6) is 11.5 Å². The van der Waals surface area contributed by atoms with Crippen molar-refractivity contribution in [3.8, 4) is 11.5 Å². The number of hydrogen-bond acceptors (Lipinski definition) is 4. The number of H-pyrrole nitrogens is 1. The Morgan fingerprint density at radius 1 is 0.931 bits per heavy atom. The van der Waals surface area contributed by atoms with E-state index in [2.05, 4.69) is 15.3 Å². The van der Waals surface area contributed by atoms with Gasteiger partial charge in [-0.25, -0.2) is 9.97 Å². The first-order chi connectivity index (χ1) is 14.1. The second kappa shape index (κ2) is 7.80. The van der Waals surface area contributed by atoms with Gasteiger partial charge in [0.05, 0.1) is 12.8 Å². The summed E-state index contributed by atoms with van der Waals surface area (Å²) < 4.78 is 5.61. The van der Waals surface area contributed by atoms with Crippen LogP contribution in [0.25, 0.3) is 10.9 Å². The van der Waals surface area contributed by atoms with Crippen molar-refractivity contribution in [2.45, 2.75) is 19.9 Å². The Morgan fingerprint density at radius 2 is 1.72 bits per heavy atom. The molecule has 0 saturated heterocycles. The smallest absolute Gasteiger partial charge is 0.273 e. The van der Waals surface area contributed by atoms with E-state index >= 15 is 0 Å². The molecule has 29 heavy (non-hydrogen) atoms. The summed E-state index contributed by atoms with van der Waals surface area (Å²) in [5.41, 5.74) is 4.15. The van der Waals surface area contributed by atoms with Crippen LogP contribution in [0.1, 0.15) is 28.6 Å². The van der Waals surface area contributed by atoms with Crippen LogP contribution >= 0.6 is 0 Å². The van der Waals surface area contributed by atoms with Gasteiger partial charge in [-0.15, -0.1) is 0 Å². The van der Waals surface area contributed by atoms with E-state index < -0.39 is 0 Å². The quantitative estimate of drug-likeness (QED) is 0.527. The van der Waals surface area contributed by atoms with Gasteiger partial charge in [-0.3, -0.25) is 5.32 Å². The number of phenolic OH excluding ortho intramolecular Hbond substituents is 1. The van der Waals surface area contributed by atoms with Gasteiger partial charge in [-0.05, 0) is 38.1 Å². The van der Waals surface area contributed by atoms with Crippen LogP contribution in [0.2, 0.25) is 0 Å². The fraction of sp³-hybridized carbons (Fsp3) is 0.167. The molecule has 0 spiro atoms. The van der Waals surface area contributed by atoms with Crippen molar-refractivity contribution in [1.82, 2.24) is 4.98 Å². The number of pyridine rings is 2. The number of ether oxygens (including phenoxy) is 1. The molecule has 5 heteroatoms. The molecule has 2 aromatic carbocycles. The lowest BCUT2D eigenvalue weighted by Gasteiger charge is -2.20. The minimum Gasteiger partial charge on any atom is -0.505 e. The first-order valence-electron chi connectivity index (χ1n) is 9.54. The third-order valence-electron chi connectivity index (χ3n) is 5.01. The largest absolute Gasteiger partial charge is 0.505 e. The van der Waals surface area contributed by atoms with Crippen molar-refractivity contribution in [2.75, 3.05) is 12.4 Å². The highest BCUT2D eigenvalue weighted by atomic mass is 16.5. The number of para-hydroxylation sites is 1. The summed E-state index contributed by atoms with van der Waals surface area (Å²) in [6, 6.07) is 21.3. The van der Waals surface area contributed by atoms with Crippen molar-refractivity contribution in [3.05, 3.63) is 89.2 Å². The van der Waals surface area contributed by atoms with E-state index in [1.54, 1.807) is 7.11 Å². The number of aromatic nitrogens is 2. The zero-order chi connectivity index (χ0) is 20.4. The molecule has 2 aromatic heterocycles. The molecular formula is C24H24N3O2+. The average molecular weight is 386 g/mol. The van der Waals surface area contributed by atoms with Gasteiger partial charge in [0.15, 0.2) is 6.04 Å². The van der Waals surface area contributed by atoms with Crippen LogP contribution < -0.4 is 15.0 Å². The molecule has 0 unspecified atom stereocenters. The molecular weight excluding hydrogens is 362 g/mol. The molecule has 0 fully saturated rings. The van der Waals surface area contributed by atoms with Crippen LogP contribution in [0, 0.1) is 13.8 Å². The minimum atomic E-state index is -0.337. The van der Waals surface area contributed by atoms with E-state index in [9.17, 15) is 5.11 Å². The van der Waals surface area contributed by atoms with E-state index in [1.165, 1.54) is 0 Å². The minimum absolute atomic E-state index is 0.169. The summed E-state index contributed by atoms with van der Waals surface area (Å²) in [4.78, 5) is 7.89. The Morgan fingerprint density at radius 3 is 2.52 bits per heavy atom. The van der Waals surface area contributed by atoms with Crippen LogP contribution in [0.15, 0.2) is 66.7 Å². The SMILES string of the molecule is COc1ccccc1[C@H](Nc1cccc(C)[nH+]1)c1ccc2ccc(C)nc2c1O. The molecule has 0 radical (unpaired) electrons. The number of aryl methyl sites for hydroxylation is 2. The standard InChI is InChI=1S/C24H23N3O2/c1-15-7-6-10-21(25-15)27-23(18-8-4-5-9-20(18)29-3)19-14-13-17-12-11-16(2)26-22(17)24(19)28/h4-14,23,28H,1-3H3,(H,25,27)/p+1/t23-/m0/s1. The summed E-state index contributed by atoms with van der Waals surface area (Å²) in [6.07, 6.45) is 0. The Kier molecular flexibility index (Phi) is 5.04. The molecule has 0 aliphatic carbocycles. The molecule has 5 nitrogen and oxygen atoms in total. The first-order valence-corrected chi connectivity index (χ1v) is 9.54. The molecule has 0 saturated carbocycles. The number of hydrogen-bond donors (Lipinski definition) is 2. The van der Waals surface area contributed by atoms with Crippen molar-refractivity contribution in [3.63, 3.8) is 0 Å². The average Bonchev–Trinajstić information content (AvgIpc) is 2.73. The third kappa shape index (κ3) is 3.72. The molecule has 0 bridgehead atoms. The molecule has 0 aliphatic rings. The van der Waals surface area contributed by atoms with E-state index in [-0.39, 0.29) is 11.8 Å². The van der Waals surface area contributed by atoms with Gasteiger partial charge >= 0.3 is 0 Å². The fourth-order valence-corrected chi connectivity index (χ4v) is 3.57. The Hall–Kier alpha value is -3.60. The van der Waals surface area contributed by atoms with Crippen molar-refractivity contribution in [2.24, 2.45) is 0 Å². The topological polar surface area (TPSA) is 68.5 Å². The van der Waals surface area contributed by atoms with Gasteiger partial charge in [-0.1, -0.05) is 36.4 Å². The molecule has 4 aromatic rings. The van der Waals surface area contributed by atoms with Gasteiger partial charge in [0.25, 0.3) is 5.82 Å². The number of nitrogens with one attached hydrogen (secondary N) is 2. The summed E-state index contributed by atoms with van der Waals surface area (Å²) >= 11 is 0. The zero-order valence-corrected chi connectivity index (χ0v) is 16.7. The fourth-order valence-electron chi connectivity index (χ4n) is 3.57. The van der Waals surface area contributed by atoms with Crippen molar-refractivity contribution >= 4 is 16.7 Å². The maximum Gasteiger partial charge on any atom is 0.273 e. The molecule has 0 amide bonds. The maximum atomic E-state index is 11.1. The van der Waals surface area contributed by atoms with Crippen molar-refractivity contribution < 1.29 is 14.8 Å². The number of methoxy groups -OCH3 is 1. The molecule has 1 atom stereocenters. The number of phenols is 1. The van der Waals surface area contributed by atoms with Gasteiger partial charge < -0.3 is 9.84 Å². The van der Waals surface area contributed by atoms with Gasteiger partial charge in [0.2, 0.25) is 0 Å². The Balaban J connectivity index is 1.90. The van der Waals surface area contributed by atoms with Gasteiger partial charge in [0, 0.05) is 28.3 Å². The van der Waals surface area contributed by atoms with E-state index in [0.717, 1.165) is 39.5 Å². The summed E-state index contributed by atoms with van der Waals surface area (Å²) in [5.74, 6) is 1.76. The zero-order valence-electron chi connectivity index (χ0n) is 16.7. The number of aromatic amines is 1. The van der Waals surface area contributed by atoms with Crippen LogP contribution in [0.4, 0.5) is 5.82 Å². The molecule has 2 heterocycles. The number of fused-ring (bicyclic) bond motifs is 1. The Labute approximate surface area is 170 Å².